The monoisotopic (exact) mass is 730 g/mol. The molecule has 57 heavy (non-hydrogen) atoms. The second-order valence-electron chi connectivity index (χ2n) is 15.4. The number of benzene rings is 9. The van der Waals surface area contributed by atoms with Crippen LogP contribution in [0.5, 0.6) is 0 Å². The number of fused-ring (bicyclic) bond motifs is 4. The first-order chi connectivity index (χ1) is 28.0. The first kappa shape index (κ1) is 34.3. The Labute approximate surface area is 335 Å². The zero-order chi connectivity index (χ0) is 38.3. The van der Waals surface area contributed by atoms with Crippen LogP contribution in [0.25, 0.3) is 44.2 Å². The van der Waals surface area contributed by atoms with Crippen LogP contribution in [0.2, 0.25) is 0 Å². The summed E-state index contributed by atoms with van der Waals surface area (Å²) < 4.78 is 0. The molecule has 0 spiro atoms. The first-order valence-corrected chi connectivity index (χ1v) is 19.8. The Hall–Kier alpha value is -7.16. The predicted molar refractivity (Wildman–Crippen MR) is 242 cm³/mol. The van der Waals surface area contributed by atoms with Crippen LogP contribution < -0.4 is 9.80 Å². The van der Waals surface area contributed by atoms with Crippen molar-refractivity contribution in [2.75, 3.05) is 9.80 Å². The lowest BCUT2D eigenvalue weighted by atomic mass is 9.81. The van der Waals surface area contributed by atoms with E-state index in [1.807, 2.05) is 0 Å². The zero-order valence-corrected chi connectivity index (χ0v) is 32.2. The van der Waals surface area contributed by atoms with Gasteiger partial charge in [-0.1, -0.05) is 166 Å². The molecule has 0 atom stereocenters. The van der Waals surface area contributed by atoms with Gasteiger partial charge in [0.25, 0.3) is 0 Å². The fourth-order valence-electron chi connectivity index (χ4n) is 8.75. The normalized spacial score (nSPS) is 12.5. The van der Waals surface area contributed by atoms with Crippen molar-refractivity contribution in [3.05, 3.63) is 230 Å². The standard InChI is InChI=1S/C55H42N2/c1-55(2)51-38-48(56(44-22-11-5-12-23-44)46-31-27-41(28-32-46)39-17-7-3-8-18-39)35-36-50(51)53-52(55)37-43-21-15-16-26-49(43)54(53)57(45-24-13-6-14-25-45)47-33-29-42(30-34-47)40-19-9-4-10-20-40/h3-38H,1-2H3. The third-order valence-corrected chi connectivity index (χ3v) is 11.6. The van der Waals surface area contributed by atoms with E-state index in [9.17, 15) is 0 Å². The average Bonchev–Trinajstić information content (AvgIpc) is 3.50. The highest BCUT2D eigenvalue weighted by Gasteiger charge is 2.39. The molecule has 2 nitrogen and oxygen atoms in total. The first-order valence-electron chi connectivity index (χ1n) is 19.8. The van der Waals surface area contributed by atoms with E-state index in [0.29, 0.717) is 0 Å². The van der Waals surface area contributed by atoms with E-state index in [1.165, 1.54) is 61.0 Å². The molecule has 0 bridgehead atoms. The summed E-state index contributed by atoms with van der Waals surface area (Å²) >= 11 is 0. The van der Waals surface area contributed by atoms with Crippen LogP contribution in [-0.2, 0) is 5.41 Å². The van der Waals surface area contributed by atoms with Gasteiger partial charge in [0.2, 0.25) is 0 Å². The molecule has 10 rings (SSSR count). The van der Waals surface area contributed by atoms with Crippen molar-refractivity contribution in [2.24, 2.45) is 0 Å². The van der Waals surface area contributed by atoms with Crippen molar-refractivity contribution >= 4 is 44.9 Å². The van der Waals surface area contributed by atoms with Gasteiger partial charge in [-0.2, -0.15) is 0 Å². The van der Waals surface area contributed by atoms with E-state index in [-0.39, 0.29) is 5.41 Å². The van der Waals surface area contributed by atoms with Crippen molar-refractivity contribution < 1.29 is 0 Å². The highest BCUT2D eigenvalue weighted by Crippen LogP contribution is 2.57. The summed E-state index contributed by atoms with van der Waals surface area (Å²) in [5.41, 5.74) is 16.6. The lowest BCUT2D eigenvalue weighted by Crippen LogP contribution is -2.17. The minimum absolute atomic E-state index is 0.265. The maximum absolute atomic E-state index is 2.47. The molecular weight excluding hydrogens is 689 g/mol. The summed E-state index contributed by atoms with van der Waals surface area (Å²) in [4.78, 5) is 4.86. The summed E-state index contributed by atoms with van der Waals surface area (Å²) in [7, 11) is 0. The zero-order valence-electron chi connectivity index (χ0n) is 32.2. The molecule has 0 saturated heterocycles. The Bertz CT molecular complexity index is 2830. The second kappa shape index (κ2) is 14.2. The van der Waals surface area contributed by atoms with Gasteiger partial charge in [0.05, 0.1) is 5.69 Å². The van der Waals surface area contributed by atoms with E-state index in [1.54, 1.807) is 0 Å². The fraction of sp³-hybridized carbons (Fsp3) is 0.0545. The molecule has 0 fully saturated rings. The SMILES string of the molecule is CC1(C)c2cc(N(c3ccccc3)c3ccc(-c4ccccc4)cc3)ccc2-c2c1cc1ccccc1c2N(c1ccccc1)c1ccc(-c2ccccc2)cc1. The Morgan fingerprint density at radius 2 is 0.754 bits per heavy atom. The third-order valence-electron chi connectivity index (χ3n) is 11.6. The number of hydrogen-bond acceptors (Lipinski definition) is 2. The van der Waals surface area contributed by atoms with Gasteiger partial charge in [-0.05, 0) is 111 Å². The van der Waals surface area contributed by atoms with Gasteiger partial charge in [0, 0.05) is 44.8 Å². The molecule has 9 aromatic rings. The van der Waals surface area contributed by atoms with Crippen LogP contribution in [0, 0.1) is 0 Å². The van der Waals surface area contributed by atoms with Crippen LogP contribution in [0.15, 0.2) is 218 Å². The van der Waals surface area contributed by atoms with Crippen LogP contribution >= 0.6 is 0 Å². The van der Waals surface area contributed by atoms with Gasteiger partial charge in [-0.3, -0.25) is 0 Å². The molecule has 0 radical (unpaired) electrons. The van der Waals surface area contributed by atoms with Crippen LogP contribution in [-0.4, -0.2) is 0 Å². The lowest BCUT2D eigenvalue weighted by Gasteiger charge is -2.30. The maximum Gasteiger partial charge on any atom is 0.0621 e. The molecule has 0 heterocycles. The Morgan fingerprint density at radius 3 is 1.32 bits per heavy atom. The smallest absolute Gasteiger partial charge is 0.0621 e. The summed E-state index contributed by atoms with van der Waals surface area (Å²) in [5.74, 6) is 0. The van der Waals surface area contributed by atoms with Gasteiger partial charge in [-0.25, -0.2) is 0 Å². The summed E-state index contributed by atoms with van der Waals surface area (Å²) in [5, 5.41) is 2.46. The lowest BCUT2D eigenvalue weighted by molar-refractivity contribution is 0.661. The van der Waals surface area contributed by atoms with Gasteiger partial charge >= 0.3 is 0 Å². The highest BCUT2D eigenvalue weighted by atomic mass is 15.2. The largest absolute Gasteiger partial charge is 0.310 e. The van der Waals surface area contributed by atoms with E-state index >= 15 is 0 Å². The number of anilines is 6. The summed E-state index contributed by atoms with van der Waals surface area (Å²) in [6, 6.07) is 79.2. The molecule has 9 aromatic carbocycles. The van der Waals surface area contributed by atoms with E-state index in [4.69, 9.17) is 0 Å². The quantitative estimate of drug-likeness (QED) is 0.154. The number of rotatable bonds is 8. The number of nitrogens with zero attached hydrogens (tertiary/aromatic N) is 2. The molecule has 272 valence electrons. The van der Waals surface area contributed by atoms with Gasteiger partial charge in [0.15, 0.2) is 0 Å². The molecular formula is C55H42N2. The Balaban J connectivity index is 1.16. The van der Waals surface area contributed by atoms with Crippen LogP contribution in [0.1, 0.15) is 25.0 Å². The van der Waals surface area contributed by atoms with Crippen molar-refractivity contribution in [3.63, 3.8) is 0 Å². The topological polar surface area (TPSA) is 6.48 Å². The van der Waals surface area contributed by atoms with Crippen LogP contribution in [0.4, 0.5) is 34.1 Å². The molecule has 1 aliphatic carbocycles. The second-order valence-corrected chi connectivity index (χ2v) is 15.4. The van der Waals surface area contributed by atoms with Crippen molar-refractivity contribution in [3.8, 4) is 33.4 Å². The molecule has 1 aliphatic rings. The highest BCUT2D eigenvalue weighted by molar-refractivity contribution is 6.10. The van der Waals surface area contributed by atoms with Crippen LogP contribution in [0.3, 0.4) is 0 Å². The molecule has 2 heteroatoms. The van der Waals surface area contributed by atoms with E-state index < -0.39 is 0 Å². The van der Waals surface area contributed by atoms with Crippen molar-refractivity contribution in [1.29, 1.82) is 0 Å². The minimum Gasteiger partial charge on any atom is -0.310 e. The summed E-state index contributed by atoms with van der Waals surface area (Å²) in [6.07, 6.45) is 0. The molecule has 0 unspecified atom stereocenters. The fourth-order valence-corrected chi connectivity index (χ4v) is 8.75. The molecule has 0 aliphatic heterocycles. The van der Waals surface area contributed by atoms with Crippen molar-refractivity contribution in [2.45, 2.75) is 19.3 Å². The Kier molecular flexibility index (Phi) is 8.53. The third kappa shape index (κ3) is 6.07. The Morgan fingerprint density at radius 1 is 0.333 bits per heavy atom. The molecule has 0 amide bonds. The predicted octanol–water partition coefficient (Wildman–Crippen LogP) is 15.4. The summed E-state index contributed by atoms with van der Waals surface area (Å²) in [6.45, 7) is 4.78. The number of para-hydroxylation sites is 2. The molecule has 0 saturated carbocycles. The molecule has 0 aromatic heterocycles. The minimum atomic E-state index is -0.265. The van der Waals surface area contributed by atoms with Crippen molar-refractivity contribution in [1.82, 2.24) is 0 Å². The van der Waals surface area contributed by atoms with E-state index in [0.717, 1.165) is 28.4 Å². The van der Waals surface area contributed by atoms with Gasteiger partial charge in [-0.15, -0.1) is 0 Å². The number of hydrogen-bond donors (Lipinski definition) is 0. The van der Waals surface area contributed by atoms with Gasteiger partial charge in [0.1, 0.15) is 0 Å². The van der Waals surface area contributed by atoms with E-state index in [2.05, 4.69) is 242 Å². The maximum atomic E-state index is 2.47. The molecule has 0 N–H and O–H groups in total. The average molecular weight is 731 g/mol. The van der Waals surface area contributed by atoms with Gasteiger partial charge < -0.3 is 9.80 Å².